The van der Waals surface area contributed by atoms with Gasteiger partial charge < -0.3 is 20.1 Å². The highest BCUT2D eigenvalue weighted by molar-refractivity contribution is 5.97. The van der Waals surface area contributed by atoms with Gasteiger partial charge in [-0.2, -0.15) is 0 Å². The van der Waals surface area contributed by atoms with E-state index < -0.39 is 18.5 Å². The van der Waals surface area contributed by atoms with Gasteiger partial charge in [-0.25, -0.2) is 0 Å². The maximum Gasteiger partial charge on any atom is 0.310 e. The van der Waals surface area contributed by atoms with E-state index in [9.17, 15) is 14.4 Å². The summed E-state index contributed by atoms with van der Waals surface area (Å²) in [7, 11) is 1.52. The first kappa shape index (κ1) is 20.0. The van der Waals surface area contributed by atoms with E-state index in [1.165, 1.54) is 7.11 Å². The smallest absolute Gasteiger partial charge is 0.310 e. The Morgan fingerprint density at radius 2 is 1.81 bits per heavy atom. The van der Waals surface area contributed by atoms with E-state index in [4.69, 9.17) is 9.47 Å². The second kappa shape index (κ2) is 9.96. The SMILES string of the molecule is CCNC(=O)c1cccc(NC(=O)COC(=O)Cc2ccccc2OC)c1. The highest BCUT2D eigenvalue weighted by Gasteiger charge is 2.12. The first-order valence-corrected chi connectivity index (χ1v) is 8.49. The van der Waals surface area contributed by atoms with Crippen molar-refractivity contribution in [1.82, 2.24) is 5.32 Å². The van der Waals surface area contributed by atoms with Crippen molar-refractivity contribution >= 4 is 23.5 Å². The molecule has 7 nitrogen and oxygen atoms in total. The molecule has 0 unspecified atom stereocenters. The van der Waals surface area contributed by atoms with Crippen molar-refractivity contribution in [1.29, 1.82) is 0 Å². The van der Waals surface area contributed by atoms with Gasteiger partial charge in [0.05, 0.1) is 13.5 Å². The Labute approximate surface area is 157 Å². The molecule has 2 rings (SSSR count). The summed E-state index contributed by atoms with van der Waals surface area (Å²) < 4.78 is 10.2. The van der Waals surface area contributed by atoms with Crippen LogP contribution in [0.25, 0.3) is 0 Å². The average Bonchev–Trinajstić information content (AvgIpc) is 2.67. The number of benzene rings is 2. The minimum atomic E-state index is -0.536. The molecule has 27 heavy (non-hydrogen) atoms. The fourth-order valence-electron chi connectivity index (χ4n) is 2.40. The zero-order valence-electron chi connectivity index (χ0n) is 15.3. The zero-order chi connectivity index (χ0) is 19.6. The third-order valence-electron chi connectivity index (χ3n) is 3.64. The van der Waals surface area contributed by atoms with Crippen LogP contribution in [0, 0.1) is 0 Å². The van der Waals surface area contributed by atoms with Crippen LogP contribution in [0.4, 0.5) is 5.69 Å². The van der Waals surface area contributed by atoms with Crippen LogP contribution in [0.15, 0.2) is 48.5 Å². The van der Waals surface area contributed by atoms with Gasteiger partial charge in [0.15, 0.2) is 6.61 Å². The summed E-state index contributed by atoms with van der Waals surface area (Å²) in [6, 6.07) is 13.6. The summed E-state index contributed by atoms with van der Waals surface area (Å²) in [6.45, 7) is 1.92. The van der Waals surface area contributed by atoms with E-state index >= 15 is 0 Å². The molecule has 0 atom stereocenters. The molecule has 142 valence electrons. The molecule has 0 aliphatic heterocycles. The molecule has 0 saturated heterocycles. The number of carbonyl (C=O) groups is 3. The minimum Gasteiger partial charge on any atom is -0.496 e. The van der Waals surface area contributed by atoms with E-state index in [0.717, 1.165) is 0 Å². The summed E-state index contributed by atoms with van der Waals surface area (Å²) in [4.78, 5) is 35.7. The highest BCUT2D eigenvalue weighted by Crippen LogP contribution is 2.18. The molecule has 0 spiro atoms. The van der Waals surface area contributed by atoms with Crippen molar-refractivity contribution in [3.05, 3.63) is 59.7 Å². The number of ether oxygens (including phenoxy) is 2. The van der Waals surface area contributed by atoms with Crippen LogP contribution in [-0.4, -0.2) is 38.0 Å². The second-order valence-electron chi connectivity index (χ2n) is 5.64. The summed E-state index contributed by atoms with van der Waals surface area (Å²) in [5.74, 6) is -0.667. The number of hydrogen-bond donors (Lipinski definition) is 2. The Kier molecular flexibility index (Phi) is 7.37. The normalized spacial score (nSPS) is 10.0. The third kappa shape index (κ3) is 6.14. The molecule has 0 aromatic heterocycles. The molecule has 0 heterocycles. The molecule has 0 bridgehead atoms. The largest absolute Gasteiger partial charge is 0.496 e. The Bertz CT molecular complexity index is 820. The number of nitrogens with one attached hydrogen (secondary N) is 2. The first-order chi connectivity index (χ1) is 13.0. The molecule has 0 radical (unpaired) electrons. The van der Waals surface area contributed by atoms with Crippen LogP contribution in [0.2, 0.25) is 0 Å². The zero-order valence-corrected chi connectivity index (χ0v) is 15.3. The lowest BCUT2D eigenvalue weighted by atomic mass is 10.1. The molecular weight excluding hydrogens is 348 g/mol. The summed E-state index contributed by atoms with van der Waals surface area (Å²) in [6.07, 6.45) is 0.00394. The first-order valence-electron chi connectivity index (χ1n) is 8.49. The highest BCUT2D eigenvalue weighted by atomic mass is 16.5. The van der Waals surface area contributed by atoms with Gasteiger partial charge in [-0.15, -0.1) is 0 Å². The molecule has 0 fully saturated rings. The van der Waals surface area contributed by atoms with Crippen molar-refractivity contribution in [3.8, 4) is 5.75 Å². The molecule has 2 amide bonds. The molecular formula is C20H22N2O5. The van der Waals surface area contributed by atoms with Gasteiger partial charge in [0.1, 0.15) is 5.75 Å². The van der Waals surface area contributed by atoms with Gasteiger partial charge >= 0.3 is 5.97 Å². The lowest BCUT2D eigenvalue weighted by molar-refractivity contribution is -0.146. The molecule has 2 aromatic rings. The number of methoxy groups -OCH3 is 1. The number of hydrogen-bond acceptors (Lipinski definition) is 5. The van der Waals surface area contributed by atoms with Gasteiger partial charge in [-0.05, 0) is 31.2 Å². The van der Waals surface area contributed by atoms with Crippen LogP contribution < -0.4 is 15.4 Å². The molecule has 7 heteroatoms. The third-order valence-corrected chi connectivity index (χ3v) is 3.64. The van der Waals surface area contributed by atoms with Crippen LogP contribution in [-0.2, 0) is 20.7 Å². The van der Waals surface area contributed by atoms with Crippen LogP contribution >= 0.6 is 0 Å². The topological polar surface area (TPSA) is 93.7 Å². The second-order valence-corrected chi connectivity index (χ2v) is 5.64. The van der Waals surface area contributed by atoms with Crippen molar-refractivity contribution in [2.75, 3.05) is 25.6 Å². The molecule has 2 aromatic carbocycles. The Morgan fingerprint density at radius 1 is 1.04 bits per heavy atom. The molecule has 0 saturated carbocycles. The number of amides is 2. The van der Waals surface area contributed by atoms with Gasteiger partial charge in [0.25, 0.3) is 11.8 Å². The number of esters is 1. The van der Waals surface area contributed by atoms with E-state index in [2.05, 4.69) is 10.6 Å². The van der Waals surface area contributed by atoms with Gasteiger partial charge in [0.2, 0.25) is 0 Å². The molecule has 0 aliphatic carbocycles. The van der Waals surface area contributed by atoms with Crippen molar-refractivity contribution < 1.29 is 23.9 Å². The van der Waals surface area contributed by atoms with Crippen molar-refractivity contribution in [2.45, 2.75) is 13.3 Å². The lowest BCUT2D eigenvalue weighted by Crippen LogP contribution is -2.24. The van der Waals surface area contributed by atoms with Crippen LogP contribution in [0.3, 0.4) is 0 Å². The minimum absolute atomic E-state index is 0.00394. The van der Waals surface area contributed by atoms with E-state index in [1.54, 1.807) is 48.5 Å². The Balaban J connectivity index is 1.86. The van der Waals surface area contributed by atoms with E-state index in [1.807, 2.05) is 6.92 Å². The quantitative estimate of drug-likeness (QED) is 0.695. The van der Waals surface area contributed by atoms with E-state index in [-0.39, 0.29) is 12.3 Å². The predicted octanol–water partition coefficient (Wildman–Crippen LogP) is 2.17. The van der Waals surface area contributed by atoms with Crippen molar-refractivity contribution in [3.63, 3.8) is 0 Å². The van der Waals surface area contributed by atoms with Gasteiger partial charge in [0, 0.05) is 23.4 Å². The van der Waals surface area contributed by atoms with Crippen LogP contribution in [0.1, 0.15) is 22.8 Å². The van der Waals surface area contributed by atoms with Crippen LogP contribution in [0.5, 0.6) is 5.75 Å². The number of carbonyl (C=O) groups excluding carboxylic acids is 3. The molecule has 2 N–H and O–H groups in total. The monoisotopic (exact) mass is 370 g/mol. The summed E-state index contributed by atoms with van der Waals surface area (Å²) >= 11 is 0. The summed E-state index contributed by atoms with van der Waals surface area (Å²) in [5.41, 5.74) is 1.56. The predicted molar refractivity (Wildman–Crippen MR) is 101 cm³/mol. The Morgan fingerprint density at radius 3 is 2.56 bits per heavy atom. The fourth-order valence-corrected chi connectivity index (χ4v) is 2.40. The number of para-hydroxylation sites is 1. The number of anilines is 1. The molecule has 0 aliphatic rings. The maximum absolute atomic E-state index is 12.0. The average molecular weight is 370 g/mol. The standard InChI is InChI=1S/C20H22N2O5/c1-3-21-20(25)15-8-6-9-16(11-15)22-18(23)13-27-19(24)12-14-7-4-5-10-17(14)26-2/h4-11H,3,12-13H2,1-2H3,(H,21,25)(H,22,23). The fraction of sp³-hybridized carbons (Fsp3) is 0.250. The van der Waals surface area contributed by atoms with Crippen molar-refractivity contribution in [2.24, 2.45) is 0 Å². The summed E-state index contributed by atoms with van der Waals surface area (Å²) in [5, 5.41) is 5.28. The number of rotatable bonds is 8. The lowest BCUT2D eigenvalue weighted by Gasteiger charge is -2.09. The van der Waals surface area contributed by atoms with Gasteiger partial charge in [-0.3, -0.25) is 14.4 Å². The maximum atomic E-state index is 12.0. The van der Waals surface area contributed by atoms with Gasteiger partial charge in [-0.1, -0.05) is 24.3 Å². The van der Waals surface area contributed by atoms with E-state index in [0.29, 0.717) is 29.1 Å². The Hall–Kier alpha value is -3.35.